The van der Waals surface area contributed by atoms with Gasteiger partial charge in [-0.25, -0.2) is 12.8 Å². The predicted octanol–water partition coefficient (Wildman–Crippen LogP) is 6.15. The Bertz CT molecular complexity index is 1170. The summed E-state index contributed by atoms with van der Waals surface area (Å²) in [7, 11) is -3.99. The molecule has 0 N–H and O–H groups in total. The van der Waals surface area contributed by atoms with E-state index in [1.54, 1.807) is 48.2 Å². The van der Waals surface area contributed by atoms with E-state index in [0.29, 0.717) is 11.1 Å². The lowest BCUT2D eigenvalue weighted by Gasteiger charge is -2.10. The Kier molecular flexibility index (Phi) is 7.28. The Morgan fingerprint density at radius 2 is 1.57 bits per heavy atom. The summed E-state index contributed by atoms with van der Waals surface area (Å²) in [5.74, 6) is -1.44. The van der Waals surface area contributed by atoms with Crippen LogP contribution in [-0.4, -0.2) is 20.5 Å². The molecular formula is C23H18BrFO3S2. The second kappa shape index (κ2) is 9.73. The number of carbonyl (C=O) groups is 1. The molecule has 3 aromatic carbocycles. The van der Waals surface area contributed by atoms with Gasteiger partial charge in [-0.2, -0.15) is 0 Å². The largest absolute Gasteiger partial charge is 0.288 e. The average Bonchev–Trinajstić information content (AvgIpc) is 2.74. The molecule has 7 heteroatoms. The van der Waals surface area contributed by atoms with Gasteiger partial charge in [0.25, 0.3) is 0 Å². The molecule has 3 aromatic rings. The van der Waals surface area contributed by atoms with Crippen LogP contribution in [0.3, 0.4) is 0 Å². The first-order valence-corrected chi connectivity index (χ1v) is 12.6. The number of hydrogen-bond donors (Lipinski definition) is 0. The van der Waals surface area contributed by atoms with Crippen LogP contribution in [0.1, 0.15) is 21.5 Å². The van der Waals surface area contributed by atoms with Crippen molar-refractivity contribution in [3.05, 3.63) is 105 Å². The third kappa shape index (κ3) is 5.68. The van der Waals surface area contributed by atoms with E-state index in [1.807, 2.05) is 18.4 Å². The van der Waals surface area contributed by atoms with Gasteiger partial charge in [0.2, 0.25) is 5.78 Å². The maximum Gasteiger partial charge on any atom is 0.204 e. The van der Waals surface area contributed by atoms with Gasteiger partial charge in [-0.15, -0.1) is 11.8 Å². The Labute approximate surface area is 188 Å². The zero-order valence-electron chi connectivity index (χ0n) is 16.0. The minimum absolute atomic E-state index is 0.271. The van der Waals surface area contributed by atoms with Gasteiger partial charge in [0.05, 0.1) is 5.75 Å². The molecule has 0 bridgehead atoms. The molecule has 0 amide bonds. The van der Waals surface area contributed by atoms with E-state index in [4.69, 9.17) is 0 Å². The van der Waals surface area contributed by atoms with E-state index in [-0.39, 0.29) is 10.5 Å². The van der Waals surface area contributed by atoms with E-state index in [1.165, 1.54) is 30.3 Å². The van der Waals surface area contributed by atoms with Crippen molar-refractivity contribution in [2.45, 2.75) is 10.6 Å². The number of halogens is 2. The third-order valence-corrected chi connectivity index (χ3v) is 7.31. The average molecular weight is 505 g/mol. The van der Waals surface area contributed by atoms with Gasteiger partial charge in [0.15, 0.2) is 9.84 Å². The molecule has 0 aliphatic heterocycles. The molecule has 154 valence electrons. The fourth-order valence-corrected chi connectivity index (χ4v) is 4.94. The first-order chi connectivity index (χ1) is 14.3. The molecule has 3 nitrogen and oxygen atoms in total. The van der Waals surface area contributed by atoms with E-state index < -0.39 is 27.2 Å². The van der Waals surface area contributed by atoms with Gasteiger partial charge < -0.3 is 0 Å². The lowest BCUT2D eigenvalue weighted by atomic mass is 10.1. The van der Waals surface area contributed by atoms with E-state index in [9.17, 15) is 17.6 Å². The first-order valence-electron chi connectivity index (χ1n) is 8.92. The van der Waals surface area contributed by atoms with Crippen molar-refractivity contribution in [1.82, 2.24) is 0 Å². The number of sulfone groups is 1. The molecule has 30 heavy (non-hydrogen) atoms. The van der Waals surface area contributed by atoms with Crippen LogP contribution in [-0.2, 0) is 15.6 Å². The Morgan fingerprint density at radius 3 is 2.13 bits per heavy atom. The standard InChI is InChI=1S/C23H18BrFO3S2/c1-29-21-12-4-16(5-13-21)14-22(23(26)18-6-8-19(24)9-7-18)30(27,28)15-17-2-10-20(25)11-3-17/h2-14H,15H2,1H3/b22-14+. The van der Waals surface area contributed by atoms with E-state index >= 15 is 0 Å². The normalized spacial score (nSPS) is 12.0. The van der Waals surface area contributed by atoms with Crippen LogP contribution in [0.15, 0.2) is 87.1 Å². The van der Waals surface area contributed by atoms with Crippen LogP contribution >= 0.6 is 27.7 Å². The minimum atomic E-state index is -3.99. The number of ketones is 1. The number of benzene rings is 3. The molecule has 0 aromatic heterocycles. The van der Waals surface area contributed by atoms with Crippen molar-refractivity contribution in [1.29, 1.82) is 0 Å². The minimum Gasteiger partial charge on any atom is -0.288 e. The van der Waals surface area contributed by atoms with Crippen LogP contribution in [0.2, 0.25) is 0 Å². The lowest BCUT2D eigenvalue weighted by Crippen LogP contribution is -2.16. The van der Waals surface area contributed by atoms with Crippen LogP contribution < -0.4 is 0 Å². The number of carbonyl (C=O) groups excluding carboxylic acids is 1. The molecule has 0 saturated carbocycles. The molecule has 3 rings (SSSR count). The third-order valence-electron chi connectivity index (χ3n) is 4.35. The summed E-state index contributed by atoms with van der Waals surface area (Å²) in [4.78, 5) is 13.9. The van der Waals surface area contributed by atoms with Gasteiger partial charge in [-0.3, -0.25) is 4.79 Å². The van der Waals surface area contributed by atoms with Gasteiger partial charge >= 0.3 is 0 Å². The summed E-state index contributed by atoms with van der Waals surface area (Å²) in [6.07, 6.45) is 3.34. The number of allylic oxidation sites excluding steroid dienone is 1. The molecule has 0 spiro atoms. The summed E-state index contributed by atoms with van der Waals surface area (Å²) >= 11 is 4.88. The second-order valence-electron chi connectivity index (χ2n) is 6.50. The van der Waals surface area contributed by atoms with Crippen LogP contribution in [0.5, 0.6) is 0 Å². The Hall–Kier alpha value is -2.22. The number of rotatable bonds is 7. The highest BCUT2D eigenvalue weighted by molar-refractivity contribution is 9.10. The summed E-state index contributed by atoms with van der Waals surface area (Å²) in [5.41, 5.74) is 1.28. The predicted molar refractivity (Wildman–Crippen MR) is 124 cm³/mol. The van der Waals surface area contributed by atoms with Crippen LogP contribution in [0.25, 0.3) is 6.08 Å². The number of hydrogen-bond acceptors (Lipinski definition) is 4. The topological polar surface area (TPSA) is 51.2 Å². The molecule has 0 radical (unpaired) electrons. The summed E-state index contributed by atoms with van der Waals surface area (Å²) in [6.45, 7) is 0. The van der Waals surface area contributed by atoms with Crippen molar-refractivity contribution < 1.29 is 17.6 Å². The van der Waals surface area contributed by atoms with Crippen molar-refractivity contribution in [2.24, 2.45) is 0 Å². The lowest BCUT2D eigenvalue weighted by molar-refractivity contribution is 0.104. The second-order valence-corrected chi connectivity index (χ2v) is 10.3. The first kappa shape index (κ1) is 22.5. The van der Waals surface area contributed by atoms with E-state index in [2.05, 4.69) is 15.9 Å². The Morgan fingerprint density at radius 1 is 0.967 bits per heavy atom. The molecule has 0 aliphatic carbocycles. The monoisotopic (exact) mass is 504 g/mol. The molecule has 0 unspecified atom stereocenters. The molecular weight excluding hydrogens is 487 g/mol. The summed E-state index contributed by atoms with van der Waals surface area (Å²) < 4.78 is 40.4. The molecule has 0 aliphatic rings. The highest BCUT2D eigenvalue weighted by Crippen LogP contribution is 2.24. The maximum absolute atomic E-state index is 13.2. The molecule has 0 saturated heterocycles. The van der Waals surface area contributed by atoms with Crippen molar-refractivity contribution >= 4 is 49.4 Å². The zero-order chi connectivity index (χ0) is 21.7. The molecule has 0 atom stereocenters. The van der Waals surface area contributed by atoms with Crippen LogP contribution in [0.4, 0.5) is 4.39 Å². The van der Waals surface area contributed by atoms with Crippen molar-refractivity contribution in [3.63, 3.8) is 0 Å². The zero-order valence-corrected chi connectivity index (χ0v) is 19.2. The van der Waals surface area contributed by atoms with Gasteiger partial charge in [0.1, 0.15) is 10.7 Å². The van der Waals surface area contributed by atoms with Gasteiger partial charge in [0, 0.05) is 14.9 Å². The fourth-order valence-electron chi connectivity index (χ4n) is 2.77. The summed E-state index contributed by atoms with van der Waals surface area (Å²) in [6, 6.07) is 19.0. The SMILES string of the molecule is CSc1ccc(/C=C(\C(=O)c2ccc(Br)cc2)S(=O)(=O)Cc2ccc(F)cc2)cc1. The van der Waals surface area contributed by atoms with Gasteiger partial charge in [-0.05, 0) is 72.0 Å². The fraction of sp³-hybridized carbons (Fsp3) is 0.0870. The summed E-state index contributed by atoms with van der Waals surface area (Å²) in [5, 5.41) is 0. The maximum atomic E-state index is 13.2. The van der Waals surface area contributed by atoms with Crippen LogP contribution in [0, 0.1) is 5.82 Å². The highest BCUT2D eigenvalue weighted by Gasteiger charge is 2.26. The number of thioether (sulfide) groups is 1. The Balaban J connectivity index is 2.05. The molecule has 0 heterocycles. The van der Waals surface area contributed by atoms with Crippen molar-refractivity contribution in [3.8, 4) is 0 Å². The van der Waals surface area contributed by atoms with Crippen molar-refractivity contribution in [2.75, 3.05) is 6.26 Å². The quantitative estimate of drug-likeness (QED) is 0.220. The molecule has 0 fully saturated rings. The van der Waals surface area contributed by atoms with E-state index in [0.717, 1.165) is 9.37 Å². The smallest absolute Gasteiger partial charge is 0.204 e. The van der Waals surface area contributed by atoms with Gasteiger partial charge in [-0.1, -0.05) is 40.2 Å². The highest BCUT2D eigenvalue weighted by atomic mass is 79.9. The number of Topliss-reactive ketones (excluding diaryl/α,β-unsaturated/α-hetero) is 1.